The van der Waals surface area contributed by atoms with Crippen molar-refractivity contribution in [3.8, 4) is 11.6 Å². The van der Waals surface area contributed by atoms with E-state index in [-0.39, 0.29) is 35.6 Å². The van der Waals surface area contributed by atoms with Gasteiger partial charge in [-0.05, 0) is 58.5 Å². The fourth-order valence-corrected chi connectivity index (χ4v) is 3.89. The lowest BCUT2D eigenvalue weighted by atomic mass is 9.80. The lowest BCUT2D eigenvalue weighted by Crippen LogP contribution is -2.44. The number of nitrogens with zero attached hydrogens (tertiary/aromatic N) is 4. The van der Waals surface area contributed by atoms with Crippen LogP contribution in [0.15, 0.2) is 60.5 Å². The molecule has 1 aromatic carbocycles. The number of carboxylic acid groups (broad SMARTS) is 2. The van der Waals surface area contributed by atoms with Gasteiger partial charge in [0.25, 0.3) is 5.69 Å². The van der Waals surface area contributed by atoms with Crippen molar-refractivity contribution in [3.63, 3.8) is 0 Å². The summed E-state index contributed by atoms with van der Waals surface area (Å²) in [6, 6.07) is 6.91. The second-order valence-electron chi connectivity index (χ2n) is 9.53. The van der Waals surface area contributed by atoms with Gasteiger partial charge in [-0.1, -0.05) is 18.2 Å². The SMILES string of the molecule is CC1(C(=O)O)C=CC=C(C(=O)O)C1.CN1CCC(NC(=O)Nc2cc(Oc3ccc([N+](=O)[O-])cc3)ncn2)CC1. The average molecular weight is 555 g/mol. The molecule has 0 radical (unpaired) electrons. The summed E-state index contributed by atoms with van der Waals surface area (Å²) in [6.45, 7) is 3.40. The minimum Gasteiger partial charge on any atom is -0.481 e. The molecule has 1 aromatic heterocycles. The number of hydrogen-bond acceptors (Lipinski definition) is 9. The molecule has 2 heterocycles. The summed E-state index contributed by atoms with van der Waals surface area (Å²) >= 11 is 0. The van der Waals surface area contributed by atoms with E-state index in [2.05, 4.69) is 32.5 Å². The van der Waals surface area contributed by atoms with Gasteiger partial charge in [0, 0.05) is 29.8 Å². The zero-order valence-electron chi connectivity index (χ0n) is 21.9. The van der Waals surface area contributed by atoms with Crippen LogP contribution in [0.4, 0.5) is 16.3 Å². The van der Waals surface area contributed by atoms with Crippen molar-refractivity contribution < 1.29 is 34.3 Å². The van der Waals surface area contributed by atoms with E-state index in [0.29, 0.717) is 11.6 Å². The van der Waals surface area contributed by atoms with E-state index in [1.165, 1.54) is 61.8 Å². The highest BCUT2D eigenvalue weighted by atomic mass is 16.6. The van der Waals surface area contributed by atoms with Gasteiger partial charge >= 0.3 is 18.0 Å². The third-order valence-corrected chi connectivity index (χ3v) is 6.29. The van der Waals surface area contributed by atoms with E-state index >= 15 is 0 Å². The molecule has 14 nitrogen and oxygen atoms in total. The second-order valence-corrected chi connectivity index (χ2v) is 9.53. The fourth-order valence-electron chi connectivity index (χ4n) is 3.89. The Hall–Kier alpha value is -4.85. The van der Waals surface area contributed by atoms with Gasteiger partial charge in [0.2, 0.25) is 5.88 Å². The summed E-state index contributed by atoms with van der Waals surface area (Å²) in [5.74, 6) is -1.16. The lowest BCUT2D eigenvalue weighted by Gasteiger charge is -2.29. The zero-order valence-corrected chi connectivity index (χ0v) is 21.9. The smallest absolute Gasteiger partial charge is 0.331 e. The monoisotopic (exact) mass is 554 g/mol. The number of nitro groups is 1. The van der Waals surface area contributed by atoms with Gasteiger partial charge in [-0.25, -0.2) is 19.6 Å². The Kier molecular flexibility index (Phi) is 9.86. The maximum Gasteiger partial charge on any atom is 0.331 e. The highest BCUT2D eigenvalue weighted by Gasteiger charge is 2.34. The first kappa shape index (κ1) is 29.7. The summed E-state index contributed by atoms with van der Waals surface area (Å²) in [5.41, 5.74) is -0.979. The van der Waals surface area contributed by atoms with Gasteiger partial charge in [-0.15, -0.1) is 0 Å². The Morgan fingerprint density at radius 2 is 1.82 bits per heavy atom. The molecule has 40 heavy (non-hydrogen) atoms. The third-order valence-electron chi connectivity index (χ3n) is 6.29. The number of piperidine rings is 1. The van der Waals surface area contributed by atoms with E-state index < -0.39 is 22.3 Å². The maximum absolute atomic E-state index is 12.1. The molecule has 4 rings (SSSR count). The van der Waals surface area contributed by atoms with Crippen LogP contribution < -0.4 is 15.4 Å². The molecule has 0 bridgehead atoms. The number of urea groups is 1. The Morgan fingerprint density at radius 1 is 1.15 bits per heavy atom. The number of aliphatic carboxylic acids is 2. The number of carbonyl (C=O) groups is 3. The van der Waals surface area contributed by atoms with Crippen molar-refractivity contribution in [1.29, 1.82) is 0 Å². The molecule has 1 aliphatic heterocycles. The van der Waals surface area contributed by atoms with E-state index in [0.717, 1.165) is 25.9 Å². The lowest BCUT2D eigenvalue weighted by molar-refractivity contribution is -0.384. The van der Waals surface area contributed by atoms with Crippen LogP contribution in [0.25, 0.3) is 0 Å². The molecule has 1 unspecified atom stereocenters. The van der Waals surface area contributed by atoms with E-state index in [9.17, 15) is 24.5 Å². The van der Waals surface area contributed by atoms with Crippen LogP contribution >= 0.6 is 0 Å². The summed E-state index contributed by atoms with van der Waals surface area (Å²) in [4.78, 5) is 53.9. The number of rotatable bonds is 7. The number of aromatic nitrogens is 2. The van der Waals surface area contributed by atoms with Crippen LogP contribution in [0.2, 0.25) is 0 Å². The van der Waals surface area contributed by atoms with E-state index in [4.69, 9.17) is 14.9 Å². The molecule has 1 fully saturated rings. The number of ether oxygens (including phenoxy) is 1. The Balaban J connectivity index is 0.000000285. The van der Waals surface area contributed by atoms with Gasteiger partial charge in [-0.2, -0.15) is 0 Å². The van der Waals surface area contributed by atoms with Crippen LogP contribution in [0, 0.1) is 15.5 Å². The predicted octanol–water partition coefficient (Wildman–Crippen LogP) is 3.44. The van der Waals surface area contributed by atoms with Crippen LogP contribution in [0.3, 0.4) is 0 Å². The second kappa shape index (κ2) is 13.3. The largest absolute Gasteiger partial charge is 0.481 e. The maximum atomic E-state index is 12.1. The number of benzene rings is 1. The first-order valence-corrected chi connectivity index (χ1v) is 12.3. The standard InChI is InChI=1S/C17H20N6O4.C9H10O4/c1-22-8-6-12(7-9-22)20-17(24)21-15-10-16(19-11-18-15)27-14-4-2-13(3-5-14)23(25)26;1-9(8(12)13)4-2-3-6(5-9)7(10)11/h2-5,10-12H,6-9H2,1H3,(H2,18,19,20,21,24);2-4H,5H2,1H3,(H,10,11)(H,12,13). The Bertz CT molecular complexity index is 1300. The number of carboxylic acids is 2. The summed E-state index contributed by atoms with van der Waals surface area (Å²) in [5, 5.41) is 33.8. The number of nitrogens with one attached hydrogen (secondary N) is 2. The number of likely N-dealkylation sites (tertiary alicyclic amines) is 1. The minimum absolute atomic E-state index is 0.0297. The number of allylic oxidation sites excluding steroid dienone is 2. The number of nitro benzene ring substituents is 1. The first-order chi connectivity index (χ1) is 18.9. The molecule has 0 spiro atoms. The molecule has 0 saturated carbocycles. The van der Waals surface area contributed by atoms with Crippen LogP contribution in [0.1, 0.15) is 26.2 Å². The van der Waals surface area contributed by atoms with Crippen LogP contribution in [0.5, 0.6) is 11.6 Å². The molecule has 1 atom stereocenters. The summed E-state index contributed by atoms with van der Waals surface area (Å²) in [6.07, 6.45) is 7.51. The van der Waals surface area contributed by atoms with E-state index in [1.54, 1.807) is 0 Å². The van der Waals surface area contributed by atoms with Gasteiger partial charge in [0.05, 0.1) is 10.3 Å². The molecule has 2 aromatic rings. The Labute approximate surface area is 229 Å². The first-order valence-electron chi connectivity index (χ1n) is 12.3. The van der Waals surface area contributed by atoms with Gasteiger partial charge < -0.3 is 25.2 Å². The number of amides is 2. The van der Waals surface area contributed by atoms with Crippen molar-refractivity contribution in [2.45, 2.75) is 32.2 Å². The number of non-ortho nitro benzene ring substituents is 1. The number of anilines is 1. The Morgan fingerprint density at radius 3 is 2.42 bits per heavy atom. The van der Waals surface area contributed by atoms with Crippen LogP contribution in [-0.4, -0.2) is 74.2 Å². The quantitative estimate of drug-likeness (QED) is 0.289. The highest BCUT2D eigenvalue weighted by Crippen LogP contribution is 2.31. The molecule has 14 heteroatoms. The number of hydrogen-bond donors (Lipinski definition) is 4. The van der Waals surface area contributed by atoms with Crippen molar-refractivity contribution >= 4 is 29.5 Å². The minimum atomic E-state index is -1.08. The molecule has 2 amide bonds. The predicted molar refractivity (Wildman–Crippen MR) is 143 cm³/mol. The van der Waals surface area contributed by atoms with Crippen molar-refractivity contribution in [2.75, 3.05) is 25.5 Å². The molecule has 212 valence electrons. The molecular formula is C26H30N6O8. The molecule has 4 N–H and O–H groups in total. The molecule has 2 aliphatic rings. The topological polar surface area (TPSA) is 197 Å². The summed E-state index contributed by atoms with van der Waals surface area (Å²) in [7, 11) is 2.06. The van der Waals surface area contributed by atoms with Crippen molar-refractivity contribution in [3.05, 3.63) is 70.6 Å². The van der Waals surface area contributed by atoms with Crippen molar-refractivity contribution in [1.82, 2.24) is 20.2 Å². The van der Waals surface area contributed by atoms with Gasteiger partial charge in [0.15, 0.2) is 0 Å². The third kappa shape index (κ3) is 8.59. The van der Waals surface area contributed by atoms with Gasteiger partial charge in [-0.3, -0.25) is 20.2 Å². The fraction of sp³-hybridized carbons (Fsp3) is 0.346. The van der Waals surface area contributed by atoms with Crippen LogP contribution in [-0.2, 0) is 9.59 Å². The zero-order chi connectivity index (χ0) is 29.3. The number of carbonyl (C=O) groups excluding carboxylic acids is 1. The summed E-state index contributed by atoms with van der Waals surface area (Å²) < 4.78 is 5.55. The van der Waals surface area contributed by atoms with Crippen molar-refractivity contribution in [2.24, 2.45) is 5.41 Å². The normalized spacial score (nSPS) is 18.9. The molecule has 1 aliphatic carbocycles. The van der Waals surface area contributed by atoms with E-state index in [1.807, 2.05) is 0 Å². The molecular weight excluding hydrogens is 524 g/mol. The average Bonchev–Trinajstić information content (AvgIpc) is 2.91. The van der Waals surface area contributed by atoms with Gasteiger partial charge in [0.1, 0.15) is 17.9 Å². The molecule has 1 saturated heterocycles. The highest BCUT2D eigenvalue weighted by molar-refractivity contribution is 5.90.